The van der Waals surface area contributed by atoms with Crippen LogP contribution in [0.3, 0.4) is 0 Å². The average Bonchev–Trinajstić information content (AvgIpc) is 3.12. The fourth-order valence-corrected chi connectivity index (χ4v) is 5.08. The Morgan fingerprint density at radius 1 is 1.03 bits per heavy atom. The highest BCUT2D eigenvalue weighted by Crippen LogP contribution is 2.42. The summed E-state index contributed by atoms with van der Waals surface area (Å²) in [6.07, 6.45) is 6.78. The Balaban J connectivity index is 0.000000177. The molecule has 0 spiro atoms. The van der Waals surface area contributed by atoms with Crippen LogP contribution in [0.1, 0.15) is 70.9 Å². The largest absolute Gasteiger partial charge is 0.486 e. The number of nitrogens with two attached hydrogens (primary N) is 1. The minimum absolute atomic E-state index is 0.132. The number of rotatable bonds is 0. The molecule has 6 rings (SSSR count). The number of anilines is 1. The van der Waals surface area contributed by atoms with Crippen LogP contribution in [0.2, 0.25) is 0 Å². The van der Waals surface area contributed by atoms with Crippen molar-refractivity contribution in [3.63, 3.8) is 0 Å². The molecule has 1 atom stereocenters. The lowest BCUT2D eigenvalue weighted by molar-refractivity contribution is 0.170. The summed E-state index contributed by atoms with van der Waals surface area (Å²) in [5.41, 5.74) is 13.0. The lowest BCUT2D eigenvalue weighted by Crippen LogP contribution is -2.19. The first-order valence-electron chi connectivity index (χ1n) is 13.4. The Morgan fingerprint density at radius 2 is 1.81 bits per heavy atom. The number of fused-ring (bicyclic) bond motifs is 5. The minimum Gasteiger partial charge on any atom is -0.486 e. The van der Waals surface area contributed by atoms with Gasteiger partial charge < -0.3 is 20.5 Å². The topological polar surface area (TPSA) is 68.9 Å². The lowest BCUT2D eigenvalue weighted by Gasteiger charge is -2.31. The molecule has 0 bridgehead atoms. The van der Waals surface area contributed by atoms with E-state index in [-0.39, 0.29) is 5.82 Å². The van der Waals surface area contributed by atoms with Crippen molar-refractivity contribution in [3.8, 4) is 11.5 Å². The van der Waals surface area contributed by atoms with Crippen LogP contribution in [-0.2, 0) is 6.42 Å². The molecule has 0 aromatic heterocycles. The number of allylic oxidation sites excluding steroid dienone is 1. The first-order valence-corrected chi connectivity index (χ1v) is 13.4. The molecular formula is C30H42FN3O2. The zero-order chi connectivity index (χ0) is 26.1. The standard InChI is InChI=1S/C14H16FN.C13H15NO2.C2H6.CH5N/c1-9-2-3-10-8-16-14-5-4-11(15)7-13(14)12(10)6-9;1-9-3-2-4-10-11(14-9)5-6-12-13(10)16-8-7-15-12;2*1-2/h4-5,7,9,16H,2-3,6,8H2,1H3;5-6H,2-4,7-8H2,1H3;1-2H3;2H2,1H3/t9-;;;/m0.../s1. The third-order valence-electron chi connectivity index (χ3n) is 6.78. The molecule has 2 aromatic carbocycles. The van der Waals surface area contributed by atoms with E-state index in [9.17, 15) is 4.39 Å². The van der Waals surface area contributed by atoms with Gasteiger partial charge in [0.15, 0.2) is 11.5 Å². The summed E-state index contributed by atoms with van der Waals surface area (Å²) in [5.74, 6) is 2.39. The van der Waals surface area contributed by atoms with Gasteiger partial charge in [-0.2, -0.15) is 0 Å². The van der Waals surface area contributed by atoms with Crippen LogP contribution < -0.4 is 20.5 Å². The molecule has 0 amide bonds. The van der Waals surface area contributed by atoms with Gasteiger partial charge in [0.25, 0.3) is 0 Å². The first kappa shape index (κ1) is 27.7. The van der Waals surface area contributed by atoms with E-state index in [1.165, 1.54) is 48.4 Å². The fourth-order valence-electron chi connectivity index (χ4n) is 5.08. The predicted molar refractivity (Wildman–Crippen MR) is 149 cm³/mol. The molecule has 5 nitrogen and oxygen atoms in total. The van der Waals surface area contributed by atoms with Crippen molar-refractivity contribution in [1.29, 1.82) is 0 Å². The fraction of sp³-hybridized carbons (Fsp3) is 0.500. The second-order valence-electron chi connectivity index (χ2n) is 9.26. The normalized spacial score (nSPS) is 19.0. The molecule has 3 aliphatic heterocycles. The quantitative estimate of drug-likeness (QED) is 0.402. The molecule has 0 fully saturated rings. The summed E-state index contributed by atoms with van der Waals surface area (Å²) in [6.45, 7) is 10.6. The lowest BCUT2D eigenvalue weighted by atomic mass is 9.80. The van der Waals surface area contributed by atoms with Crippen molar-refractivity contribution < 1.29 is 13.9 Å². The van der Waals surface area contributed by atoms with Gasteiger partial charge in [-0.25, -0.2) is 4.39 Å². The van der Waals surface area contributed by atoms with Gasteiger partial charge in [-0.3, -0.25) is 4.99 Å². The number of ether oxygens (including phenoxy) is 2. The number of nitrogens with one attached hydrogen (secondary N) is 1. The van der Waals surface area contributed by atoms with Crippen molar-refractivity contribution >= 4 is 22.7 Å². The van der Waals surface area contributed by atoms with Crippen LogP contribution in [0.25, 0.3) is 5.57 Å². The molecule has 0 unspecified atom stereocenters. The van der Waals surface area contributed by atoms with E-state index in [0.29, 0.717) is 13.2 Å². The summed E-state index contributed by atoms with van der Waals surface area (Å²) in [4.78, 5) is 4.63. The number of benzene rings is 2. The van der Waals surface area contributed by atoms with Gasteiger partial charge >= 0.3 is 0 Å². The molecular weight excluding hydrogens is 453 g/mol. The van der Waals surface area contributed by atoms with Crippen LogP contribution in [0, 0.1) is 11.7 Å². The molecule has 0 saturated carbocycles. The molecule has 2 aromatic rings. The average molecular weight is 496 g/mol. The Kier molecular flexibility index (Phi) is 10.4. The summed E-state index contributed by atoms with van der Waals surface area (Å²) in [5, 5.41) is 3.38. The van der Waals surface area contributed by atoms with E-state index < -0.39 is 0 Å². The van der Waals surface area contributed by atoms with Gasteiger partial charge in [0.2, 0.25) is 0 Å². The summed E-state index contributed by atoms with van der Waals surface area (Å²) < 4.78 is 24.6. The highest BCUT2D eigenvalue weighted by atomic mass is 19.1. The van der Waals surface area contributed by atoms with Crippen LogP contribution >= 0.6 is 0 Å². The molecule has 3 N–H and O–H groups in total. The third kappa shape index (κ3) is 6.47. The van der Waals surface area contributed by atoms with Crippen molar-refractivity contribution in [3.05, 3.63) is 52.8 Å². The predicted octanol–water partition coefficient (Wildman–Crippen LogP) is 7.31. The van der Waals surface area contributed by atoms with Crippen molar-refractivity contribution in [1.82, 2.24) is 0 Å². The molecule has 1 aliphatic carbocycles. The van der Waals surface area contributed by atoms with E-state index in [4.69, 9.17) is 9.47 Å². The summed E-state index contributed by atoms with van der Waals surface area (Å²) >= 11 is 0. The Labute approximate surface area is 216 Å². The second kappa shape index (κ2) is 13.4. The highest BCUT2D eigenvalue weighted by Gasteiger charge is 2.24. The Hall–Kier alpha value is -2.86. The maximum absolute atomic E-state index is 13.3. The number of hydrogen-bond acceptors (Lipinski definition) is 5. The third-order valence-corrected chi connectivity index (χ3v) is 6.78. The van der Waals surface area contributed by atoms with Crippen LogP contribution in [-0.4, -0.2) is 32.5 Å². The zero-order valence-electron chi connectivity index (χ0n) is 22.5. The van der Waals surface area contributed by atoms with Gasteiger partial charge in [0, 0.05) is 29.1 Å². The minimum atomic E-state index is -0.132. The van der Waals surface area contributed by atoms with Gasteiger partial charge in [0.1, 0.15) is 19.0 Å². The van der Waals surface area contributed by atoms with Crippen LogP contribution in [0.5, 0.6) is 11.5 Å². The first-order chi connectivity index (χ1) is 17.6. The van der Waals surface area contributed by atoms with Crippen LogP contribution in [0.4, 0.5) is 15.8 Å². The second-order valence-corrected chi connectivity index (χ2v) is 9.26. The van der Waals surface area contributed by atoms with Crippen LogP contribution in [0.15, 0.2) is 40.9 Å². The molecule has 6 heteroatoms. The van der Waals surface area contributed by atoms with Gasteiger partial charge in [-0.15, -0.1) is 0 Å². The molecule has 196 valence electrons. The summed E-state index contributed by atoms with van der Waals surface area (Å²) in [6, 6.07) is 9.07. The van der Waals surface area contributed by atoms with E-state index in [1.54, 1.807) is 6.07 Å². The van der Waals surface area contributed by atoms with Gasteiger partial charge in [0.05, 0.1) is 5.69 Å². The maximum atomic E-state index is 13.3. The summed E-state index contributed by atoms with van der Waals surface area (Å²) in [7, 11) is 1.50. The smallest absolute Gasteiger partial charge is 0.166 e. The monoisotopic (exact) mass is 495 g/mol. The molecule has 0 saturated heterocycles. The zero-order valence-corrected chi connectivity index (χ0v) is 22.5. The molecule has 36 heavy (non-hydrogen) atoms. The molecule has 0 radical (unpaired) electrons. The number of aliphatic imine (C=N–C) groups is 1. The molecule has 3 heterocycles. The van der Waals surface area contributed by atoms with E-state index in [0.717, 1.165) is 66.6 Å². The van der Waals surface area contributed by atoms with Crippen molar-refractivity contribution in [2.45, 2.75) is 66.2 Å². The molecule has 4 aliphatic rings. The van der Waals surface area contributed by atoms with Gasteiger partial charge in [-0.1, -0.05) is 20.8 Å². The van der Waals surface area contributed by atoms with E-state index in [1.807, 2.05) is 32.0 Å². The van der Waals surface area contributed by atoms with Crippen molar-refractivity contribution in [2.24, 2.45) is 16.6 Å². The Bertz CT molecular complexity index is 1090. The van der Waals surface area contributed by atoms with E-state index in [2.05, 4.69) is 29.9 Å². The number of halogens is 1. The maximum Gasteiger partial charge on any atom is 0.166 e. The Morgan fingerprint density at radius 3 is 2.61 bits per heavy atom. The SMILES string of the molecule is CC.CC1=Nc2ccc3c(c2CCC1)OCCO3.CN.C[C@H]1CCC2=C(C1)c1cc(F)ccc1NC2. The highest BCUT2D eigenvalue weighted by molar-refractivity contribution is 5.86. The number of hydrogen-bond donors (Lipinski definition) is 2. The number of nitrogens with zero attached hydrogens (tertiary/aromatic N) is 1. The van der Waals surface area contributed by atoms with E-state index >= 15 is 0 Å². The van der Waals surface area contributed by atoms with Gasteiger partial charge in [-0.05, 0) is 99.9 Å². The van der Waals surface area contributed by atoms with Crippen molar-refractivity contribution in [2.75, 3.05) is 32.1 Å².